The number of hydrazine groups is 1. The second-order valence-corrected chi connectivity index (χ2v) is 10.1. The molecule has 0 bridgehead atoms. The minimum absolute atomic E-state index is 0.0586. The average Bonchev–Trinajstić information content (AvgIpc) is 3.38. The number of amides is 4. The molecule has 0 saturated carbocycles. The van der Waals surface area contributed by atoms with Crippen LogP contribution in [0.1, 0.15) is 25.0 Å². The van der Waals surface area contributed by atoms with E-state index < -0.39 is 18.2 Å². The van der Waals surface area contributed by atoms with E-state index in [0.29, 0.717) is 17.6 Å². The third-order valence-corrected chi connectivity index (χ3v) is 7.38. The van der Waals surface area contributed by atoms with E-state index in [0.717, 1.165) is 11.1 Å². The van der Waals surface area contributed by atoms with Crippen molar-refractivity contribution in [2.45, 2.75) is 45.7 Å². The number of hydrogen-bond acceptors (Lipinski definition) is 8. The predicted molar refractivity (Wildman–Crippen MR) is 152 cm³/mol. The van der Waals surface area contributed by atoms with Gasteiger partial charge in [-0.2, -0.15) is 0 Å². The van der Waals surface area contributed by atoms with Gasteiger partial charge in [0.25, 0.3) is 0 Å². The molecule has 2 aliphatic rings. The van der Waals surface area contributed by atoms with Crippen molar-refractivity contribution in [2.24, 2.45) is 0 Å². The molecule has 3 aromatic rings. The van der Waals surface area contributed by atoms with Crippen LogP contribution in [0.2, 0.25) is 0 Å². The number of ether oxygens (including phenoxy) is 1. The van der Waals surface area contributed by atoms with Crippen molar-refractivity contribution in [1.29, 1.82) is 0 Å². The van der Waals surface area contributed by atoms with Crippen LogP contribution >= 0.6 is 0 Å². The first-order chi connectivity index (χ1) is 20.3. The van der Waals surface area contributed by atoms with Crippen molar-refractivity contribution in [3.05, 3.63) is 72.3 Å². The van der Waals surface area contributed by atoms with Gasteiger partial charge in [0.15, 0.2) is 0 Å². The van der Waals surface area contributed by atoms with Crippen molar-refractivity contribution in [3.8, 4) is 0 Å². The van der Waals surface area contributed by atoms with Crippen molar-refractivity contribution < 1.29 is 23.9 Å². The highest BCUT2D eigenvalue weighted by molar-refractivity contribution is 5.91. The number of nitrogens with zero attached hydrogens (tertiary/aromatic N) is 7. The number of carbonyl (C=O) groups is 4. The van der Waals surface area contributed by atoms with Crippen LogP contribution < -0.4 is 5.32 Å². The molecule has 1 aromatic heterocycles. The third kappa shape index (κ3) is 5.68. The Morgan fingerprint density at radius 3 is 2.67 bits per heavy atom. The fourth-order valence-electron chi connectivity index (χ4n) is 5.53. The number of nitrogens with one attached hydrogen (secondary N) is 1. The van der Waals surface area contributed by atoms with Crippen LogP contribution in [0.25, 0.3) is 11.0 Å². The van der Waals surface area contributed by atoms with Crippen LogP contribution in [0.4, 0.5) is 4.79 Å². The monoisotopic (exact) mass is 574 g/mol. The van der Waals surface area contributed by atoms with Crippen molar-refractivity contribution in [1.82, 2.24) is 40.1 Å². The molecule has 0 unspecified atom stereocenters. The topological polar surface area (TPSA) is 133 Å². The van der Waals surface area contributed by atoms with Crippen LogP contribution in [0.15, 0.2) is 61.2 Å². The summed E-state index contributed by atoms with van der Waals surface area (Å²) >= 11 is 0. The van der Waals surface area contributed by atoms with Gasteiger partial charge in [0.1, 0.15) is 24.3 Å². The SMILES string of the molecule is C=CCN1CC(=O)N2[C@@H](C)C(=O)N(Cc3cccc4nnn(CC(=O)OCC)c34)C[C@@H]2N1C(=O)NCc1ccccc1. The standard InChI is InChI=1S/C29H34N8O5/c1-4-14-34-18-25(38)36-20(3)28(40)33(17-24(36)37(34)29(41)30-15-21-10-7-6-8-11-21)16-22-12-9-13-23-27(22)35(32-31-23)19-26(39)42-5-2/h4,6-13,20,24H,1,5,14-19H2,2-3H3,(H,30,41)/t20-,24-/m0/s1. The predicted octanol–water partition coefficient (Wildman–Crippen LogP) is 1.51. The van der Waals surface area contributed by atoms with E-state index in [2.05, 4.69) is 22.2 Å². The largest absolute Gasteiger partial charge is 0.465 e. The van der Waals surface area contributed by atoms with Crippen LogP contribution in [0.5, 0.6) is 0 Å². The minimum atomic E-state index is -0.798. The van der Waals surface area contributed by atoms with Gasteiger partial charge in [-0.05, 0) is 31.0 Å². The van der Waals surface area contributed by atoms with Gasteiger partial charge in [0.2, 0.25) is 11.8 Å². The number of benzene rings is 2. The molecule has 2 fully saturated rings. The third-order valence-electron chi connectivity index (χ3n) is 7.38. The Bertz CT molecular complexity index is 1490. The lowest BCUT2D eigenvalue weighted by molar-refractivity contribution is -0.188. The van der Waals surface area contributed by atoms with Crippen LogP contribution in [0.3, 0.4) is 0 Å². The molecule has 0 aliphatic carbocycles. The normalized spacial score (nSPS) is 19.1. The summed E-state index contributed by atoms with van der Waals surface area (Å²) in [6.45, 7) is 8.08. The molecule has 5 rings (SSSR count). The first kappa shape index (κ1) is 28.7. The molecule has 220 valence electrons. The second kappa shape index (κ2) is 12.4. The molecule has 2 aliphatic heterocycles. The molecule has 1 N–H and O–H groups in total. The van der Waals surface area contributed by atoms with E-state index in [1.54, 1.807) is 35.9 Å². The van der Waals surface area contributed by atoms with Crippen molar-refractivity contribution in [2.75, 3.05) is 26.2 Å². The molecule has 42 heavy (non-hydrogen) atoms. The number of esters is 1. The summed E-state index contributed by atoms with van der Waals surface area (Å²) in [5.74, 6) is -0.936. The first-order valence-corrected chi connectivity index (χ1v) is 13.9. The van der Waals surface area contributed by atoms with Crippen molar-refractivity contribution in [3.63, 3.8) is 0 Å². The number of fused-ring (bicyclic) bond motifs is 2. The summed E-state index contributed by atoms with van der Waals surface area (Å²) in [5.41, 5.74) is 2.84. The lowest BCUT2D eigenvalue weighted by Crippen LogP contribution is -2.75. The second-order valence-electron chi connectivity index (χ2n) is 10.1. The Hall–Kier alpha value is -4.78. The van der Waals surface area contributed by atoms with Crippen LogP contribution in [-0.4, -0.2) is 97.1 Å². The number of rotatable bonds is 9. The van der Waals surface area contributed by atoms with Crippen molar-refractivity contribution >= 4 is 34.8 Å². The zero-order valence-corrected chi connectivity index (χ0v) is 23.7. The molecule has 2 atom stereocenters. The number of hydrogen-bond donors (Lipinski definition) is 1. The molecule has 2 aromatic carbocycles. The first-order valence-electron chi connectivity index (χ1n) is 13.9. The molecular formula is C29H34N8O5. The Morgan fingerprint density at radius 1 is 1.14 bits per heavy atom. The van der Waals surface area contributed by atoms with E-state index in [4.69, 9.17) is 4.74 Å². The number of carbonyl (C=O) groups excluding carboxylic acids is 4. The Morgan fingerprint density at radius 2 is 1.93 bits per heavy atom. The molecule has 2 saturated heterocycles. The lowest BCUT2D eigenvalue weighted by atomic mass is 10.1. The van der Waals surface area contributed by atoms with Crippen LogP contribution in [-0.2, 0) is 38.8 Å². The molecule has 0 spiro atoms. The van der Waals surface area contributed by atoms with Gasteiger partial charge in [0, 0.05) is 19.6 Å². The average molecular weight is 575 g/mol. The van der Waals surface area contributed by atoms with E-state index in [9.17, 15) is 19.2 Å². The summed E-state index contributed by atoms with van der Waals surface area (Å²) in [5, 5.41) is 14.4. The van der Waals surface area contributed by atoms with Gasteiger partial charge in [-0.15, -0.1) is 11.7 Å². The summed E-state index contributed by atoms with van der Waals surface area (Å²) < 4.78 is 6.55. The number of piperazine rings is 1. The van der Waals surface area contributed by atoms with Gasteiger partial charge >= 0.3 is 12.0 Å². The zero-order chi connectivity index (χ0) is 29.8. The Labute approximate surface area is 243 Å². The molecular weight excluding hydrogens is 540 g/mol. The fourth-order valence-corrected chi connectivity index (χ4v) is 5.53. The highest BCUT2D eigenvalue weighted by Crippen LogP contribution is 2.28. The fraction of sp³-hybridized carbons (Fsp3) is 0.379. The molecule has 4 amide bonds. The maximum atomic E-state index is 13.6. The van der Waals surface area contributed by atoms with Gasteiger partial charge < -0.3 is 19.9 Å². The Kier molecular flexibility index (Phi) is 8.48. The maximum absolute atomic E-state index is 13.6. The van der Waals surface area contributed by atoms with E-state index in [1.165, 1.54) is 14.6 Å². The molecule has 13 heteroatoms. The highest BCUT2D eigenvalue weighted by atomic mass is 16.5. The molecule has 0 radical (unpaired) electrons. The van der Waals surface area contributed by atoms with E-state index in [-0.39, 0.29) is 57.2 Å². The summed E-state index contributed by atoms with van der Waals surface area (Å²) in [6, 6.07) is 13.8. The lowest BCUT2D eigenvalue weighted by Gasteiger charge is -2.54. The van der Waals surface area contributed by atoms with Gasteiger partial charge in [-0.1, -0.05) is 53.8 Å². The minimum Gasteiger partial charge on any atom is -0.465 e. The maximum Gasteiger partial charge on any atom is 0.334 e. The number of urea groups is 1. The zero-order valence-electron chi connectivity index (χ0n) is 23.7. The van der Waals surface area contributed by atoms with Gasteiger partial charge in [0.05, 0.1) is 25.2 Å². The number of aromatic nitrogens is 3. The highest BCUT2D eigenvalue weighted by Gasteiger charge is 2.49. The number of para-hydroxylation sites is 1. The van der Waals surface area contributed by atoms with Gasteiger partial charge in [-0.25, -0.2) is 19.5 Å². The summed E-state index contributed by atoms with van der Waals surface area (Å²) in [6.07, 6.45) is 0.894. The summed E-state index contributed by atoms with van der Waals surface area (Å²) in [7, 11) is 0. The quantitative estimate of drug-likeness (QED) is 0.300. The van der Waals surface area contributed by atoms with Crippen LogP contribution in [0, 0.1) is 0 Å². The Balaban J connectivity index is 1.43. The molecule has 3 heterocycles. The van der Waals surface area contributed by atoms with E-state index >= 15 is 0 Å². The summed E-state index contributed by atoms with van der Waals surface area (Å²) in [4.78, 5) is 55.9. The smallest absolute Gasteiger partial charge is 0.334 e. The molecule has 13 nitrogen and oxygen atoms in total. The van der Waals surface area contributed by atoms with Gasteiger partial charge in [-0.3, -0.25) is 14.4 Å². The van der Waals surface area contributed by atoms with E-state index in [1.807, 2.05) is 42.5 Å².